The monoisotopic (exact) mass is 380 g/mol. The fraction of sp³-hybridized carbons (Fsp3) is 0.167. The Hall–Kier alpha value is -3.36. The molecular weight excluding hydrogens is 365 g/mol. The lowest BCUT2D eigenvalue weighted by atomic mass is 10.1. The van der Waals surface area contributed by atoms with E-state index in [0.29, 0.717) is 6.07 Å². The van der Waals surface area contributed by atoms with Crippen LogP contribution in [0.2, 0.25) is 0 Å². The van der Waals surface area contributed by atoms with Crippen molar-refractivity contribution in [2.45, 2.75) is 6.92 Å². The Kier molecular flexibility index (Phi) is 6.53. The quantitative estimate of drug-likeness (QED) is 0.595. The second-order valence-electron chi connectivity index (χ2n) is 5.49. The molecule has 0 fully saturated rings. The van der Waals surface area contributed by atoms with Gasteiger partial charge in [0.15, 0.2) is 24.1 Å². The van der Waals surface area contributed by atoms with E-state index in [2.05, 4.69) is 5.32 Å². The fourth-order valence-electron chi connectivity index (χ4n) is 2.03. The van der Waals surface area contributed by atoms with Crippen LogP contribution in [0.1, 0.15) is 15.9 Å². The van der Waals surface area contributed by atoms with Gasteiger partial charge in [0.1, 0.15) is 0 Å². The molecule has 0 aromatic heterocycles. The minimum Gasteiger partial charge on any atom is -0.452 e. The van der Waals surface area contributed by atoms with Crippen molar-refractivity contribution in [2.75, 3.05) is 18.5 Å². The van der Waals surface area contributed by atoms with E-state index in [0.717, 1.165) is 11.6 Å². The Morgan fingerprint density at radius 3 is 2.44 bits per heavy atom. The zero-order valence-electron chi connectivity index (χ0n) is 14.1. The smallest absolute Gasteiger partial charge is 0.338 e. The van der Waals surface area contributed by atoms with E-state index < -0.39 is 54.1 Å². The molecule has 0 unspecified atom stereocenters. The second-order valence-corrected chi connectivity index (χ2v) is 5.49. The number of nitrogens with one attached hydrogen (secondary N) is 2. The molecule has 0 saturated heterocycles. The molecule has 0 saturated carbocycles. The van der Waals surface area contributed by atoms with Crippen molar-refractivity contribution in [1.29, 1.82) is 0 Å². The maximum Gasteiger partial charge on any atom is 0.338 e. The lowest BCUT2D eigenvalue weighted by Gasteiger charge is -2.09. The summed E-state index contributed by atoms with van der Waals surface area (Å²) in [6, 6.07) is 8.06. The number of anilines is 1. The molecule has 2 amide bonds. The second kappa shape index (κ2) is 8.84. The fourth-order valence-corrected chi connectivity index (χ4v) is 2.03. The molecule has 142 valence electrons. The average Bonchev–Trinajstić information content (AvgIpc) is 2.65. The molecule has 0 aliphatic carbocycles. The van der Waals surface area contributed by atoms with Crippen LogP contribution >= 0.6 is 0 Å². The predicted molar refractivity (Wildman–Crippen MR) is 89.4 cm³/mol. The number of amides is 2. The number of carbonyl (C=O) groups excluding carboxylic acids is 3. The van der Waals surface area contributed by atoms with Crippen LogP contribution in [0, 0.1) is 24.4 Å². The van der Waals surface area contributed by atoms with Gasteiger partial charge in [0.25, 0.3) is 5.91 Å². The highest BCUT2D eigenvalue weighted by atomic mass is 19.2. The van der Waals surface area contributed by atoms with Gasteiger partial charge in [-0.25, -0.2) is 18.0 Å². The highest BCUT2D eigenvalue weighted by Gasteiger charge is 2.16. The molecular formula is C18H15F3N2O4. The van der Waals surface area contributed by atoms with Crippen LogP contribution in [0.25, 0.3) is 0 Å². The van der Waals surface area contributed by atoms with E-state index in [9.17, 15) is 27.6 Å². The van der Waals surface area contributed by atoms with Gasteiger partial charge in [-0.15, -0.1) is 0 Å². The van der Waals surface area contributed by atoms with Crippen molar-refractivity contribution in [3.05, 3.63) is 65.0 Å². The zero-order chi connectivity index (χ0) is 20.0. The molecule has 0 radical (unpaired) electrons. The number of hydrogen-bond acceptors (Lipinski definition) is 4. The molecule has 6 nitrogen and oxygen atoms in total. The van der Waals surface area contributed by atoms with E-state index in [4.69, 9.17) is 4.74 Å². The van der Waals surface area contributed by atoms with E-state index in [1.165, 1.54) is 6.07 Å². The minimum atomic E-state index is -1.72. The maximum absolute atomic E-state index is 13.4. The summed E-state index contributed by atoms with van der Waals surface area (Å²) >= 11 is 0. The summed E-state index contributed by atoms with van der Waals surface area (Å²) in [5.74, 6) is -7.02. The van der Waals surface area contributed by atoms with Crippen LogP contribution in [0.4, 0.5) is 18.9 Å². The lowest BCUT2D eigenvalue weighted by molar-refractivity contribution is -0.126. The van der Waals surface area contributed by atoms with Gasteiger partial charge in [0, 0.05) is 0 Å². The van der Waals surface area contributed by atoms with Gasteiger partial charge in [0.2, 0.25) is 5.91 Å². The Morgan fingerprint density at radius 1 is 1.00 bits per heavy atom. The predicted octanol–water partition coefficient (Wildman–Crippen LogP) is 2.32. The molecule has 2 aromatic carbocycles. The van der Waals surface area contributed by atoms with Crippen molar-refractivity contribution in [1.82, 2.24) is 5.32 Å². The number of carbonyl (C=O) groups is 3. The molecule has 0 aliphatic heterocycles. The molecule has 0 heterocycles. The molecule has 2 N–H and O–H groups in total. The van der Waals surface area contributed by atoms with Crippen LogP contribution in [-0.4, -0.2) is 30.9 Å². The first-order valence-electron chi connectivity index (χ1n) is 7.71. The van der Waals surface area contributed by atoms with Crippen LogP contribution in [0.5, 0.6) is 0 Å². The highest BCUT2D eigenvalue weighted by Crippen LogP contribution is 2.19. The Morgan fingerprint density at radius 2 is 1.74 bits per heavy atom. The van der Waals surface area contributed by atoms with Gasteiger partial charge >= 0.3 is 5.97 Å². The third kappa shape index (κ3) is 5.56. The standard InChI is InChI=1S/C18H15F3N2O4/c1-10-3-2-4-11(7-10)18(26)27-9-15(25)22-8-14(24)23-13-6-5-12(19)16(20)17(13)21/h2-7H,8-9H2,1H3,(H,22,25)(H,23,24). The first kappa shape index (κ1) is 20.0. The van der Waals surface area contributed by atoms with Gasteiger partial charge in [0.05, 0.1) is 17.8 Å². The molecule has 0 bridgehead atoms. The van der Waals surface area contributed by atoms with E-state index in [1.807, 2.05) is 5.32 Å². The van der Waals surface area contributed by atoms with Crippen molar-refractivity contribution in [3.63, 3.8) is 0 Å². The number of hydrogen-bond donors (Lipinski definition) is 2. The van der Waals surface area contributed by atoms with Crippen molar-refractivity contribution < 1.29 is 32.3 Å². The van der Waals surface area contributed by atoms with E-state index >= 15 is 0 Å². The zero-order valence-corrected chi connectivity index (χ0v) is 14.1. The summed E-state index contributed by atoms with van der Waals surface area (Å²) in [6.45, 7) is 0.580. The average molecular weight is 380 g/mol. The van der Waals surface area contributed by atoms with E-state index in [-0.39, 0.29) is 5.56 Å². The first-order valence-corrected chi connectivity index (χ1v) is 7.71. The SMILES string of the molecule is Cc1cccc(C(=O)OCC(=O)NCC(=O)Nc2ccc(F)c(F)c2F)c1. The number of rotatable bonds is 6. The number of esters is 1. The van der Waals surface area contributed by atoms with Gasteiger partial charge in [-0.1, -0.05) is 17.7 Å². The first-order chi connectivity index (χ1) is 12.8. The van der Waals surface area contributed by atoms with Gasteiger partial charge in [-0.2, -0.15) is 0 Å². The summed E-state index contributed by atoms with van der Waals surface area (Å²) in [5.41, 5.74) is 0.545. The number of benzene rings is 2. The normalized spacial score (nSPS) is 10.2. The van der Waals surface area contributed by atoms with Crippen molar-refractivity contribution in [3.8, 4) is 0 Å². The van der Waals surface area contributed by atoms with Crippen molar-refractivity contribution >= 4 is 23.5 Å². The maximum atomic E-state index is 13.4. The summed E-state index contributed by atoms with van der Waals surface area (Å²) in [6.07, 6.45) is 0. The number of aryl methyl sites for hydroxylation is 1. The van der Waals surface area contributed by atoms with Gasteiger partial charge < -0.3 is 15.4 Å². The number of halogens is 3. The summed E-state index contributed by atoms with van der Waals surface area (Å²) < 4.78 is 44.2. The third-order valence-corrected chi connectivity index (χ3v) is 3.34. The molecule has 0 atom stereocenters. The highest BCUT2D eigenvalue weighted by molar-refractivity contribution is 5.95. The Labute approximate surface area is 152 Å². The Balaban J connectivity index is 1.79. The van der Waals surface area contributed by atoms with Gasteiger partial charge in [-0.3, -0.25) is 9.59 Å². The molecule has 0 aliphatic rings. The van der Waals surface area contributed by atoms with Crippen molar-refractivity contribution in [2.24, 2.45) is 0 Å². The van der Waals surface area contributed by atoms with Crippen LogP contribution in [0.3, 0.4) is 0 Å². The van der Waals surface area contributed by atoms with Crippen LogP contribution < -0.4 is 10.6 Å². The molecule has 9 heteroatoms. The molecule has 2 rings (SSSR count). The molecule has 2 aromatic rings. The largest absolute Gasteiger partial charge is 0.452 e. The Bertz CT molecular complexity index is 887. The summed E-state index contributed by atoms with van der Waals surface area (Å²) in [5, 5.41) is 4.14. The van der Waals surface area contributed by atoms with Gasteiger partial charge in [-0.05, 0) is 31.2 Å². The molecule has 27 heavy (non-hydrogen) atoms. The third-order valence-electron chi connectivity index (χ3n) is 3.34. The van der Waals surface area contributed by atoms with Crippen LogP contribution in [-0.2, 0) is 14.3 Å². The number of ether oxygens (including phenoxy) is 1. The van der Waals surface area contributed by atoms with Crippen LogP contribution in [0.15, 0.2) is 36.4 Å². The minimum absolute atomic E-state index is 0.273. The van der Waals surface area contributed by atoms with E-state index in [1.54, 1.807) is 25.1 Å². The topological polar surface area (TPSA) is 84.5 Å². The molecule has 0 spiro atoms. The lowest BCUT2D eigenvalue weighted by Crippen LogP contribution is -2.35. The summed E-state index contributed by atoms with van der Waals surface area (Å²) in [4.78, 5) is 35.1. The summed E-state index contributed by atoms with van der Waals surface area (Å²) in [7, 11) is 0.